The van der Waals surface area contributed by atoms with Crippen molar-refractivity contribution in [1.29, 1.82) is 0 Å². The van der Waals surface area contributed by atoms with E-state index in [0.717, 1.165) is 5.56 Å². The Bertz CT molecular complexity index is 590. The van der Waals surface area contributed by atoms with Crippen molar-refractivity contribution >= 4 is 23.2 Å². The second-order valence-electron chi connectivity index (χ2n) is 3.96. The first-order valence-electron chi connectivity index (χ1n) is 5.66. The molecule has 2 aromatic rings. The summed E-state index contributed by atoms with van der Waals surface area (Å²) in [7, 11) is 1.84. The molecule has 2 aromatic carbocycles. The zero-order valence-corrected chi connectivity index (χ0v) is 11.7. The normalized spacial score (nSPS) is 10.5. The van der Waals surface area contributed by atoms with Gasteiger partial charge in [-0.05, 0) is 37.4 Å². The molecule has 0 amide bonds. The summed E-state index contributed by atoms with van der Waals surface area (Å²) in [5.74, 6) is 0.580. The molecular formula is C14H12Cl2FNO. The third-order valence-corrected chi connectivity index (χ3v) is 3.04. The molecule has 0 aliphatic carbocycles. The van der Waals surface area contributed by atoms with Gasteiger partial charge in [-0.25, -0.2) is 4.39 Å². The third-order valence-electron chi connectivity index (χ3n) is 2.51. The number of nitrogens with one attached hydrogen (secondary N) is 1. The van der Waals surface area contributed by atoms with Crippen LogP contribution >= 0.6 is 23.2 Å². The molecule has 0 saturated carbocycles. The number of ether oxygens (including phenoxy) is 1. The van der Waals surface area contributed by atoms with Gasteiger partial charge in [0.25, 0.3) is 0 Å². The van der Waals surface area contributed by atoms with Crippen molar-refractivity contribution in [3.8, 4) is 11.5 Å². The highest BCUT2D eigenvalue weighted by Gasteiger charge is 2.09. The van der Waals surface area contributed by atoms with Gasteiger partial charge < -0.3 is 10.1 Å². The van der Waals surface area contributed by atoms with Crippen LogP contribution in [0.2, 0.25) is 10.0 Å². The Balaban J connectivity index is 2.33. The predicted molar refractivity (Wildman–Crippen MR) is 75.7 cm³/mol. The Morgan fingerprint density at radius 2 is 1.89 bits per heavy atom. The summed E-state index contributed by atoms with van der Waals surface area (Å²) in [5, 5.41) is 3.82. The average Bonchev–Trinajstić information content (AvgIpc) is 2.36. The molecule has 2 rings (SSSR count). The molecule has 0 aromatic heterocycles. The summed E-state index contributed by atoms with van der Waals surface area (Å²) >= 11 is 11.9. The molecule has 0 unspecified atom stereocenters. The molecule has 0 atom stereocenters. The van der Waals surface area contributed by atoms with Crippen LogP contribution < -0.4 is 10.1 Å². The van der Waals surface area contributed by atoms with Crippen LogP contribution in [-0.4, -0.2) is 7.05 Å². The van der Waals surface area contributed by atoms with E-state index in [1.807, 2.05) is 13.1 Å². The summed E-state index contributed by atoms with van der Waals surface area (Å²) in [5.41, 5.74) is 0.937. The van der Waals surface area contributed by atoms with Crippen LogP contribution in [0.1, 0.15) is 5.56 Å². The lowest BCUT2D eigenvalue weighted by Gasteiger charge is -2.12. The summed E-state index contributed by atoms with van der Waals surface area (Å²) in [6, 6.07) is 9.34. The quantitative estimate of drug-likeness (QED) is 0.888. The van der Waals surface area contributed by atoms with E-state index < -0.39 is 5.82 Å². The van der Waals surface area contributed by atoms with Gasteiger partial charge in [0.05, 0.1) is 5.02 Å². The summed E-state index contributed by atoms with van der Waals surface area (Å²) in [6.45, 7) is 0.630. The fourth-order valence-corrected chi connectivity index (χ4v) is 2.00. The van der Waals surface area contributed by atoms with Gasteiger partial charge in [-0.15, -0.1) is 0 Å². The van der Waals surface area contributed by atoms with E-state index in [9.17, 15) is 4.39 Å². The van der Waals surface area contributed by atoms with Gasteiger partial charge in [0.1, 0.15) is 17.3 Å². The molecule has 0 heterocycles. The minimum atomic E-state index is -0.404. The van der Waals surface area contributed by atoms with Gasteiger partial charge in [0, 0.05) is 17.1 Å². The van der Waals surface area contributed by atoms with E-state index in [1.54, 1.807) is 12.1 Å². The Morgan fingerprint density at radius 3 is 2.58 bits per heavy atom. The minimum Gasteiger partial charge on any atom is -0.455 e. The van der Waals surface area contributed by atoms with Crippen molar-refractivity contribution in [1.82, 2.24) is 5.32 Å². The first-order chi connectivity index (χ1) is 9.10. The van der Waals surface area contributed by atoms with Crippen molar-refractivity contribution in [2.24, 2.45) is 0 Å². The monoisotopic (exact) mass is 299 g/mol. The Morgan fingerprint density at radius 1 is 1.11 bits per heavy atom. The van der Waals surface area contributed by atoms with Gasteiger partial charge in [0.15, 0.2) is 0 Å². The third kappa shape index (κ3) is 3.60. The van der Waals surface area contributed by atoms with Crippen molar-refractivity contribution in [2.45, 2.75) is 6.54 Å². The molecule has 100 valence electrons. The molecule has 5 heteroatoms. The number of halogens is 3. The van der Waals surface area contributed by atoms with Crippen molar-refractivity contribution < 1.29 is 9.13 Å². The van der Waals surface area contributed by atoms with E-state index in [4.69, 9.17) is 27.9 Å². The molecule has 1 N–H and O–H groups in total. The summed E-state index contributed by atoms with van der Waals surface area (Å²) < 4.78 is 18.7. The Labute approximate surface area is 121 Å². The van der Waals surface area contributed by atoms with E-state index in [-0.39, 0.29) is 5.02 Å². The molecule has 0 radical (unpaired) electrons. The van der Waals surface area contributed by atoms with Crippen molar-refractivity contribution in [2.75, 3.05) is 7.05 Å². The standard InChI is InChI=1S/C14H12Cl2FNO/c1-18-8-9-2-3-10(15)6-14(9)19-13-5-4-11(17)7-12(13)16/h2-7,18H,8H2,1H3. The van der Waals surface area contributed by atoms with E-state index >= 15 is 0 Å². The number of hydrogen-bond acceptors (Lipinski definition) is 2. The van der Waals surface area contributed by atoms with Crippen LogP contribution in [0, 0.1) is 5.82 Å². The van der Waals surface area contributed by atoms with Crippen LogP contribution in [0.4, 0.5) is 4.39 Å². The van der Waals surface area contributed by atoms with Crippen LogP contribution in [-0.2, 0) is 6.54 Å². The molecule has 0 bridgehead atoms. The van der Waals surface area contributed by atoms with Crippen LogP contribution in [0.3, 0.4) is 0 Å². The molecule has 0 saturated heterocycles. The van der Waals surface area contributed by atoms with Crippen LogP contribution in [0.15, 0.2) is 36.4 Å². The molecule has 0 aliphatic heterocycles. The van der Waals surface area contributed by atoms with Crippen molar-refractivity contribution in [3.05, 3.63) is 57.8 Å². The lowest BCUT2D eigenvalue weighted by atomic mass is 10.2. The second-order valence-corrected chi connectivity index (χ2v) is 4.80. The van der Waals surface area contributed by atoms with E-state index in [2.05, 4.69) is 5.32 Å². The maximum atomic E-state index is 13.0. The maximum Gasteiger partial charge on any atom is 0.146 e. The van der Waals surface area contributed by atoms with Crippen LogP contribution in [0.5, 0.6) is 11.5 Å². The fourth-order valence-electron chi connectivity index (χ4n) is 1.64. The van der Waals surface area contributed by atoms with Gasteiger partial charge in [-0.1, -0.05) is 29.3 Å². The maximum absolute atomic E-state index is 13.0. The first kappa shape index (κ1) is 14.1. The molecule has 0 aliphatic rings. The average molecular weight is 300 g/mol. The largest absolute Gasteiger partial charge is 0.455 e. The Hall–Kier alpha value is -1.29. The van der Waals surface area contributed by atoms with E-state index in [0.29, 0.717) is 23.1 Å². The van der Waals surface area contributed by atoms with Crippen LogP contribution in [0.25, 0.3) is 0 Å². The zero-order valence-electron chi connectivity index (χ0n) is 10.2. The topological polar surface area (TPSA) is 21.3 Å². The smallest absolute Gasteiger partial charge is 0.146 e. The number of rotatable bonds is 4. The highest BCUT2D eigenvalue weighted by Crippen LogP contribution is 2.33. The Kier molecular flexibility index (Phi) is 4.64. The zero-order chi connectivity index (χ0) is 13.8. The molecule has 19 heavy (non-hydrogen) atoms. The summed E-state index contributed by atoms with van der Waals surface area (Å²) in [4.78, 5) is 0. The lowest BCUT2D eigenvalue weighted by Crippen LogP contribution is -2.06. The van der Waals surface area contributed by atoms with Gasteiger partial charge in [0.2, 0.25) is 0 Å². The molecule has 2 nitrogen and oxygen atoms in total. The fraction of sp³-hybridized carbons (Fsp3) is 0.143. The molecule has 0 spiro atoms. The highest BCUT2D eigenvalue weighted by molar-refractivity contribution is 6.32. The highest BCUT2D eigenvalue weighted by atomic mass is 35.5. The predicted octanol–water partition coefficient (Wildman–Crippen LogP) is 4.64. The van der Waals surface area contributed by atoms with Gasteiger partial charge >= 0.3 is 0 Å². The first-order valence-corrected chi connectivity index (χ1v) is 6.41. The molecule has 0 fully saturated rings. The number of benzene rings is 2. The van der Waals surface area contributed by atoms with Gasteiger partial charge in [-0.2, -0.15) is 0 Å². The second kappa shape index (κ2) is 6.24. The summed E-state index contributed by atoms with van der Waals surface area (Å²) in [6.07, 6.45) is 0. The number of hydrogen-bond donors (Lipinski definition) is 1. The van der Waals surface area contributed by atoms with E-state index in [1.165, 1.54) is 18.2 Å². The SMILES string of the molecule is CNCc1ccc(Cl)cc1Oc1ccc(F)cc1Cl. The molecular weight excluding hydrogens is 288 g/mol. The van der Waals surface area contributed by atoms with Gasteiger partial charge in [-0.3, -0.25) is 0 Å². The lowest BCUT2D eigenvalue weighted by molar-refractivity contribution is 0.472. The minimum absolute atomic E-state index is 0.218. The van der Waals surface area contributed by atoms with Crippen molar-refractivity contribution in [3.63, 3.8) is 0 Å².